The van der Waals surface area contributed by atoms with Crippen molar-refractivity contribution in [2.75, 3.05) is 0 Å². The van der Waals surface area contributed by atoms with Crippen LogP contribution >= 0.6 is 23.2 Å². The Morgan fingerprint density at radius 2 is 1.96 bits per heavy atom. The number of allylic oxidation sites excluding steroid dienone is 8. The van der Waals surface area contributed by atoms with E-state index >= 15 is 0 Å². The number of hydrogen-bond donors (Lipinski definition) is 2. The van der Waals surface area contributed by atoms with Gasteiger partial charge in [-0.05, 0) is 105 Å². The molecule has 0 saturated carbocycles. The summed E-state index contributed by atoms with van der Waals surface area (Å²) < 4.78 is 11.5. The minimum absolute atomic E-state index is 0.163. The van der Waals surface area contributed by atoms with E-state index in [-0.39, 0.29) is 33.2 Å². The molecule has 8 heteroatoms. The number of benzene rings is 1. The van der Waals surface area contributed by atoms with E-state index < -0.39 is 11.7 Å². The third kappa shape index (κ3) is 8.26. The van der Waals surface area contributed by atoms with Crippen molar-refractivity contribution in [1.29, 1.82) is 5.41 Å². The number of carbonyl (C=O) groups is 1. The van der Waals surface area contributed by atoms with E-state index in [1.165, 1.54) is 5.56 Å². The van der Waals surface area contributed by atoms with Crippen molar-refractivity contribution in [3.8, 4) is 0 Å². The fraction of sp³-hybridized carbons (Fsp3) is 0.351. The zero-order valence-corrected chi connectivity index (χ0v) is 28.2. The van der Waals surface area contributed by atoms with E-state index in [0.717, 1.165) is 36.8 Å². The monoisotopic (exact) mass is 645 g/mol. The van der Waals surface area contributed by atoms with Gasteiger partial charge in [0, 0.05) is 0 Å². The third-order valence-corrected chi connectivity index (χ3v) is 8.75. The van der Waals surface area contributed by atoms with Crippen LogP contribution in [0.3, 0.4) is 0 Å². The van der Waals surface area contributed by atoms with E-state index in [0.29, 0.717) is 29.0 Å². The topological polar surface area (TPSA) is 83.8 Å². The van der Waals surface area contributed by atoms with Crippen molar-refractivity contribution < 1.29 is 14.3 Å². The molecule has 0 bridgehead atoms. The molecule has 0 fully saturated rings. The maximum Gasteiger partial charge on any atom is 0.408 e. The van der Waals surface area contributed by atoms with Gasteiger partial charge in [-0.1, -0.05) is 80.0 Å². The molecular formula is C37H41Cl2N3O3. The molecular weight excluding hydrogens is 605 g/mol. The Balaban J connectivity index is 1.51. The maximum absolute atomic E-state index is 13.0. The molecule has 0 radical (unpaired) electrons. The number of carbonyl (C=O) groups excluding carboxylic acids is 1. The molecule has 1 aromatic carbocycles. The Kier molecular flexibility index (Phi) is 10.7. The van der Waals surface area contributed by atoms with E-state index in [9.17, 15) is 4.79 Å². The second kappa shape index (κ2) is 14.1. The number of nitrogens with zero attached hydrogens (tertiary/aromatic N) is 1. The molecule has 1 amide bonds. The molecule has 0 saturated heterocycles. The SMILES string of the molecule is C=C1C=CC(OC(=N)C2=C=CC=C(C(=C)CCC3(CCC)Cc4ccccc4[C@H]3NC(=O)OC(C)(C)C)N=C2C)=C(Cl)C(Cl)=C1. The number of hydrogen-bond acceptors (Lipinski definition) is 5. The summed E-state index contributed by atoms with van der Waals surface area (Å²) in [6.07, 6.45) is 12.3. The Bertz CT molecular complexity index is 1640. The Morgan fingerprint density at radius 1 is 1.22 bits per heavy atom. The zero-order valence-electron chi connectivity index (χ0n) is 26.7. The van der Waals surface area contributed by atoms with Gasteiger partial charge in [0.2, 0.25) is 5.90 Å². The number of rotatable bonds is 9. The fourth-order valence-electron chi connectivity index (χ4n) is 5.96. The second-order valence-electron chi connectivity index (χ2n) is 12.6. The quantitative estimate of drug-likeness (QED) is 0.159. The van der Waals surface area contributed by atoms with E-state index in [2.05, 4.69) is 49.3 Å². The molecule has 1 unspecified atom stereocenters. The predicted molar refractivity (Wildman–Crippen MR) is 185 cm³/mol. The second-order valence-corrected chi connectivity index (χ2v) is 13.4. The van der Waals surface area contributed by atoms with Crippen molar-refractivity contribution in [3.05, 3.63) is 123 Å². The first-order valence-corrected chi connectivity index (χ1v) is 15.9. The number of nitrogens with one attached hydrogen (secondary N) is 2. The van der Waals surface area contributed by atoms with Gasteiger partial charge in [0.15, 0.2) is 0 Å². The molecule has 2 aliphatic carbocycles. The molecule has 1 aliphatic heterocycles. The fourth-order valence-corrected chi connectivity index (χ4v) is 6.35. The summed E-state index contributed by atoms with van der Waals surface area (Å²) in [6, 6.07) is 8.14. The number of amides is 1. The van der Waals surface area contributed by atoms with Crippen molar-refractivity contribution in [2.45, 2.75) is 78.4 Å². The van der Waals surface area contributed by atoms with Gasteiger partial charge in [-0.15, -0.1) is 5.73 Å². The number of alkyl carbamates (subject to hydrolysis) is 1. The molecule has 236 valence electrons. The summed E-state index contributed by atoms with van der Waals surface area (Å²) in [5.41, 5.74) is 7.87. The number of fused-ring (bicyclic) bond motifs is 1. The Labute approximate surface area is 276 Å². The largest absolute Gasteiger partial charge is 0.444 e. The van der Waals surface area contributed by atoms with E-state index in [1.54, 1.807) is 31.2 Å². The molecule has 3 aliphatic rings. The van der Waals surface area contributed by atoms with Crippen LogP contribution < -0.4 is 5.32 Å². The van der Waals surface area contributed by atoms with Crippen LogP contribution in [0, 0.1) is 10.8 Å². The van der Waals surface area contributed by atoms with Gasteiger partial charge in [-0.2, -0.15) is 0 Å². The molecule has 1 heterocycles. The van der Waals surface area contributed by atoms with Crippen molar-refractivity contribution in [3.63, 3.8) is 0 Å². The summed E-state index contributed by atoms with van der Waals surface area (Å²) in [7, 11) is 0. The summed E-state index contributed by atoms with van der Waals surface area (Å²) >= 11 is 12.6. The lowest BCUT2D eigenvalue weighted by molar-refractivity contribution is 0.0434. The zero-order chi connectivity index (χ0) is 32.9. The first-order chi connectivity index (χ1) is 21.2. The van der Waals surface area contributed by atoms with E-state index in [4.69, 9.17) is 43.1 Å². The molecule has 0 spiro atoms. The van der Waals surface area contributed by atoms with Gasteiger partial charge in [0.1, 0.15) is 16.4 Å². The van der Waals surface area contributed by atoms with Crippen LogP contribution in [-0.4, -0.2) is 23.3 Å². The summed E-state index contributed by atoms with van der Waals surface area (Å²) in [5, 5.41) is 12.3. The average molecular weight is 647 g/mol. The summed E-state index contributed by atoms with van der Waals surface area (Å²) in [5.74, 6) is 0.0723. The van der Waals surface area contributed by atoms with Crippen LogP contribution in [0.25, 0.3) is 0 Å². The van der Waals surface area contributed by atoms with Gasteiger partial charge in [0.25, 0.3) is 0 Å². The lowest BCUT2D eigenvalue weighted by Crippen LogP contribution is -2.41. The number of ether oxygens (including phenoxy) is 2. The summed E-state index contributed by atoms with van der Waals surface area (Å²) in [4.78, 5) is 17.8. The molecule has 2 atom stereocenters. The molecule has 45 heavy (non-hydrogen) atoms. The minimum Gasteiger partial charge on any atom is -0.444 e. The first-order valence-electron chi connectivity index (χ1n) is 15.1. The average Bonchev–Trinajstić information content (AvgIpc) is 3.04. The van der Waals surface area contributed by atoms with Crippen LogP contribution in [0.2, 0.25) is 0 Å². The van der Waals surface area contributed by atoms with Crippen LogP contribution in [-0.2, 0) is 15.9 Å². The van der Waals surface area contributed by atoms with E-state index in [1.807, 2.05) is 32.9 Å². The maximum atomic E-state index is 13.0. The van der Waals surface area contributed by atoms with Gasteiger partial charge >= 0.3 is 6.09 Å². The highest BCUT2D eigenvalue weighted by molar-refractivity contribution is 6.44. The third-order valence-electron chi connectivity index (χ3n) is 7.96. The van der Waals surface area contributed by atoms with Crippen molar-refractivity contribution in [1.82, 2.24) is 5.32 Å². The van der Waals surface area contributed by atoms with Crippen molar-refractivity contribution in [2.24, 2.45) is 10.4 Å². The Morgan fingerprint density at radius 3 is 2.67 bits per heavy atom. The molecule has 2 N–H and O–H groups in total. The Hall–Kier alpha value is -3.83. The predicted octanol–water partition coefficient (Wildman–Crippen LogP) is 10.1. The lowest BCUT2D eigenvalue weighted by Gasteiger charge is -2.37. The first kappa shape index (κ1) is 34.1. The standard InChI is InChI=1S/C37H41Cl2N3O3/c1-8-19-37(22-26-12-9-10-13-28(26)33(37)42-35(43)45-36(5,6)7)20-18-24(3)30-15-11-14-27(25(4)41-30)34(40)44-31-17-16-23(2)21-29(38)32(31)39/h9-13,15-17,21,33,40H,2-3,8,18-20,22H2,1,4-7H3,(H,42,43)/t33-,37?/m1/s1. The van der Waals surface area contributed by atoms with Crippen LogP contribution in [0.1, 0.15) is 77.5 Å². The highest BCUT2D eigenvalue weighted by Gasteiger charge is 2.46. The molecule has 1 aromatic rings. The minimum atomic E-state index is -0.595. The highest BCUT2D eigenvalue weighted by Crippen LogP contribution is 2.52. The van der Waals surface area contributed by atoms with Crippen LogP contribution in [0.5, 0.6) is 0 Å². The molecule has 4 rings (SSSR count). The molecule has 6 nitrogen and oxygen atoms in total. The van der Waals surface area contributed by atoms with Gasteiger partial charge in [-0.3, -0.25) is 10.4 Å². The van der Waals surface area contributed by atoms with Crippen molar-refractivity contribution >= 4 is 40.9 Å². The number of aliphatic imine (C=N–C) groups is 1. The smallest absolute Gasteiger partial charge is 0.408 e. The molecule has 0 aromatic heterocycles. The van der Waals surface area contributed by atoms with Crippen LogP contribution in [0.4, 0.5) is 4.79 Å². The highest BCUT2D eigenvalue weighted by atomic mass is 35.5. The van der Waals surface area contributed by atoms with Gasteiger partial charge in [0.05, 0.1) is 28.1 Å². The number of halogens is 2. The van der Waals surface area contributed by atoms with Gasteiger partial charge in [-0.25, -0.2) is 4.79 Å². The normalized spacial score (nSPS) is 21.1. The lowest BCUT2D eigenvalue weighted by atomic mass is 9.72. The van der Waals surface area contributed by atoms with Crippen LogP contribution in [0.15, 0.2) is 117 Å². The van der Waals surface area contributed by atoms with Gasteiger partial charge < -0.3 is 14.8 Å². The summed E-state index contributed by atoms with van der Waals surface area (Å²) in [6.45, 7) is 17.9.